The SMILES string of the molecule is Cc1cnc(CNc2cc(F)ccc2F)c(C)c1[N+](=O)[O-]. The molecule has 0 bridgehead atoms. The zero-order valence-corrected chi connectivity index (χ0v) is 11.5. The molecule has 0 unspecified atom stereocenters. The lowest BCUT2D eigenvalue weighted by atomic mass is 10.1. The number of nitro groups is 1. The average Bonchev–Trinajstić information content (AvgIpc) is 2.41. The first-order chi connectivity index (χ1) is 9.90. The van der Waals surface area contributed by atoms with Crippen LogP contribution in [0.25, 0.3) is 0 Å². The Morgan fingerprint density at radius 3 is 2.71 bits per heavy atom. The van der Waals surface area contributed by atoms with Crippen molar-refractivity contribution in [2.24, 2.45) is 0 Å². The maximum atomic E-state index is 13.5. The largest absolute Gasteiger partial charge is 0.377 e. The molecule has 0 atom stereocenters. The van der Waals surface area contributed by atoms with Gasteiger partial charge in [0.05, 0.1) is 28.4 Å². The summed E-state index contributed by atoms with van der Waals surface area (Å²) in [5.74, 6) is -1.17. The summed E-state index contributed by atoms with van der Waals surface area (Å²) in [5, 5.41) is 13.7. The third-order valence-electron chi connectivity index (χ3n) is 3.13. The predicted molar refractivity (Wildman–Crippen MR) is 74.1 cm³/mol. The van der Waals surface area contributed by atoms with Crippen LogP contribution in [0, 0.1) is 35.6 Å². The first-order valence-corrected chi connectivity index (χ1v) is 6.18. The molecule has 0 amide bonds. The Kier molecular flexibility index (Phi) is 4.11. The van der Waals surface area contributed by atoms with E-state index in [1.54, 1.807) is 13.8 Å². The van der Waals surface area contributed by atoms with Crippen LogP contribution >= 0.6 is 0 Å². The Hall–Kier alpha value is -2.57. The maximum absolute atomic E-state index is 13.5. The standard InChI is InChI=1S/C14H13F2N3O2/c1-8-6-17-13(9(2)14(8)19(20)21)7-18-12-5-10(15)3-4-11(12)16/h3-6,18H,7H2,1-2H3. The van der Waals surface area contributed by atoms with E-state index < -0.39 is 16.6 Å². The maximum Gasteiger partial charge on any atom is 0.278 e. The Morgan fingerprint density at radius 2 is 2.05 bits per heavy atom. The van der Waals surface area contributed by atoms with Crippen molar-refractivity contribution >= 4 is 11.4 Å². The minimum absolute atomic E-state index is 0.0125. The highest BCUT2D eigenvalue weighted by Crippen LogP contribution is 2.25. The van der Waals surface area contributed by atoms with E-state index in [2.05, 4.69) is 10.3 Å². The molecule has 0 saturated heterocycles. The van der Waals surface area contributed by atoms with Gasteiger partial charge < -0.3 is 5.32 Å². The summed E-state index contributed by atoms with van der Waals surface area (Å²) >= 11 is 0. The van der Waals surface area contributed by atoms with Crippen LogP contribution in [-0.4, -0.2) is 9.91 Å². The smallest absolute Gasteiger partial charge is 0.278 e. The number of benzene rings is 1. The lowest BCUT2D eigenvalue weighted by Gasteiger charge is -2.10. The van der Waals surface area contributed by atoms with E-state index >= 15 is 0 Å². The van der Waals surface area contributed by atoms with Gasteiger partial charge in [0.25, 0.3) is 5.69 Å². The van der Waals surface area contributed by atoms with Crippen molar-refractivity contribution in [2.75, 3.05) is 5.32 Å². The minimum atomic E-state index is -0.601. The van der Waals surface area contributed by atoms with Crippen LogP contribution in [0.1, 0.15) is 16.8 Å². The van der Waals surface area contributed by atoms with E-state index in [4.69, 9.17) is 0 Å². The van der Waals surface area contributed by atoms with Gasteiger partial charge in [-0.15, -0.1) is 0 Å². The molecular formula is C14H13F2N3O2. The van der Waals surface area contributed by atoms with Crippen molar-refractivity contribution < 1.29 is 13.7 Å². The van der Waals surface area contributed by atoms with Crippen LogP contribution in [0.3, 0.4) is 0 Å². The summed E-state index contributed by atoms with van der Waals surface area (Å²) in [6.45, 7) is 3.24. The van der Waals surface area contributed by atoms with Gasteiger partial charge in [0, 0.05) is 11.8 Å². The summed E-state index contributed by atoms with van der Waals surface area (Å²) < 4.78 is 26.6. The second-order valence-corrected chi connectivity index (χ2v) is 4.60. The van der Waals surface area contributed by atoms with Gasteiger partial charge in [-0.2, -0.15) is 0 Å². The lowest BCUT2D eigenvalue weighted by Crippen LogP contribution is -2.08. The van der Waals surface area contributed by atoms with Crippen LogP contribution in [0.4, 0.5) is 20.2 Å². The molecule has 1 aromatic heterocycles. The van der Waals surface area contributed by atoms with E-state index in [1.807, 2.05) is 0 Å². The first kappa shape index (κ1) is 14.8. The van der Waals surface area contributed by atoms with Crippen LogP contribution in [0.5, 0.6) is 0 Å². The molecule has 0 saturated carbocycles. The van der Waals surface area contributed by atoms with Crippen molar-refractivity contribution in [2.45, 2.75) is 20.4 Å². The van der Waals surface area contributed by atoms with Crippen LogP contribution in [0.15, 0.2) is 24.4 Å². The fourth-order valence-corrected chi connectivity index (χ4v) is 2.04. The van der Waals surface area contributed by atoms with Crippen molar-refractivity contribution in [1.82, 2.24) is 4.98 Å². The van der Waals surface area contributed by atoms with Gasteiger partial charge in [-0.05, 0) is 32.0 Å². The van der Waals surface area contributed by atoms with Gasteiger partial charge in [-0.1, -0.05) is 0 Å². The third-order valence-corrected chi connectivity index (χ3v) is 3.13. The highest BCUT2D eigenvalue weighted by molar-refractivity contribution is 5.50. The number of nitrogens with one attached hydrogen (secondary N) is 1. The van der Waals surface area contributed by atoms with E-state index in [9.17, 15) is 18.9 Å². The number of pyridine rings is 1. The molecule has 7 heteroatoms. The molecule has 1 heterocycles. The quantitative estimate of drug-likeness (QED) is 0.692. The molecule has 2 rings (SSSR count). The number of hydrogen-bond acceptors (Lipinski definition) is 4. The van der Waals surface area contributed by atoms with E-state index in [0.29, 0.717) is 16.8 Å². The fraction of sp³-hybridized carbons (Fsp3) is 0.214. The van der Waals surface area contributed by atoms with Crippen LogP contribution in [-0.2, 0) is 6.54 Å². The van der Waals surface area contributed by atoms with Gasteiger partial charge in [-0.25, -0.2) is 8.78 Å². The molecule has 0 fully saturated rings. The van der Waals surface area contributed by atoms with Crippen molar-refractivity contribution in [3.8, 4) is 0 Å². The number of anilines is 1. The molecule has 0 radical (unpaired) electrons. The summed E-state index contributed by atoms with van der Waals surface area (Å²) in [5.41, 5.74) is 1.25. The molecule has 0 aliphatic heterocycles. The monoisotopic (exact) mass is 293 g/mol. The van der Waals surface area contributed by atoms with Gasteiger partial charge in [0.1, 0.15) is 11.6 Å². The molecule has 21 heavy (non-hydrogen) atoms. The molecule has 1 aromatic carbocycles. The molecule has 0 aliphatic carbocycles. The fourth-order valence-electron chi connectivity index (χ4n) is 2.04. The summed E-state index contributed by atoms with van der Waals surface area (Å²) in [7, 11) is 0. The number of aryl methyl sites for hydroxylation is 1. The number of rotatable bonds is 4. The Morgan fingerprint density at radius 1 is 1.33 bits per heavy atom. The second kappa shape index (κ2) is 5.82. The highest BCUT2D eigenvalue weighted by atomic mass is 19.1. The molecule has 0 spiro atoms. The Labute approximate surface area is 119 Å². The number of aromatic nitrogens is 1. The number of hydrogen-bond donors (Lipinski definition) is 1. The summed E-state index contributed by atoms with van der Waals surface area (Å²) in [4.78, 5) is 14.6. The van der Waals surface area contributed by atoms with Crippen molar-refractivity contribution in [3.63, 3.8) is 0 Å². The molecule has 2 aromatic rings. The van der Waals surface area contributed by atoms with Crippen LogP contribution < -0.4 is 5.32 Å². The molecule has 1 N–H and O–H groups in total. The predicted octanol–water partition coefficient (Wildman–Crippen LogP) is 3.50. The first-order valence-electron chi connectivity index (χ1n) is 6.18. The second-order valence-electron chi connectivity index (χ2n) is 4.60. The highest BCUT2D eigenvalue weighted by Gasteiger charge is 2.18. The Bertz CT molecular complexity index is 705. The average molecular weight is 293 g/mol. The molecule has 0 aliphatic rings. The van der Waals surface area contributed by atoms with E-state index in [0.717, 1.165) is 18.2 Å². The van der Waals surface area contributed by atoms with E-state index in [1.165, 1.54) is 6.20 Å². The minimum Gasteiger partial charge on any atom is -0.377 e. The number of nitrogens with zero attached hydrogens (tertiary/aromatic N) is 2. The molecular weight excluding hydrogens is 280 g/mol. The zero-order chi connectivity index (χ0) is 15.6. The third kappa shape index (κ3) is 3.13. The van der Waals surface area contributed by atoms with Gasteiger partial charge in [-0.3, -0.25) is 15.1 Å². The zero-order valence-electron chi connectivity index (χ0n) is 11.5. The van der Waals surface area contributed by atoms with Crippen molar-refractivity contribution in [3.05, 3.63) is 63.0 Å². The molecule has 110 valence electrons. The number of halogens is 2. The summed E-state index contributed by atoms with van der Waals surface area (Å²) in [6, 6.07) is 3.05. The lowest BCUT2D eigenvalue weighted by molar-refractivity contribution is -0.386. The molecule has 5 nitrogen and oxygen atoms in total. The van der Waals surface area contributed by atoms with Crippen LogP contribution in [0.2, 0.25) is 0 Å². The van der Waals surface area contributed by atoms with Gasteiger partial charge >= 0.3 is 0 Å². The van der Waals surface area contributed by atoms with Gasteiger partial charge in [0.2, 0.25) is 0 Å². The summed E-state index contributed by atoms with van der Waals surface area (Å²) in [6.07, 6.45) is 1.39. The van der Waals surface area contributed by atoms with E-state index in [-0.39, 0.29) is 17.9 Å². The topological polar surface area (TPSA) is 68.1 Å². The van der Waals surface area contributed by atoms with Crippen molar-refractivity contribution in [1.29, 1.82) is 0 Å². The normalized spacial score (nSPS) is 10.5. The van der Waals surface area contributed by atoms with Gasteiger partial charge in [0.15, 0.2) is 0 Å². The Balaban J connectivity index is 2.27.